The van der Waals surface area contributed by atoms with Crippen molar-refractivity contribution < 1.29 is 14.3 Å². The molecule has 0 aliphatic heterocycles. The molecule has 1 aromatic carbocycles. The van der Waals surface area contributed by atoms with Crippen molar-refractivity contribution >= 4 is 5.97 Å². The summed E-state index contributed by atoms with van der Waals surface area (Å²) >= 11 is 0. The molecule has 4 aliphatic carbocycles. The number of hydrogen-bond acceptors (Lipinski definition) is 3. The van der Waals surface area contributed by atoms with Gasteiger partial charge in [0.05, 0.1) is 5.56 Å². The van der Waals surface area contributed by atoms with E-state index in [4.69, 9.17) is 9.47 Å². The highest BCUT2D eigenvalue weighted by Gasteiger charge is 2.56. The van der Waals surface area contributed by atoms with E-state index in [-0.39, 0.29) is 11.4 Å². The second kappa shape index (κ2) is 7.58. The first-order chi connectivity index (χ1) is 13.0. The SMILES string of the molecule is CCOC(OC(=O)c1ccc(C(C)CC)cc1)C12CC3CC(CC(C3)C1)C2. The Morgan fingerprint density at radius 1 is 1.04 bits per heavy atom. The normalized spacial score (nSPS) is 33.7. The lowest BCUT2D eigenvalue weighted by atomic mass is 9.49. The third-order valence-corrected chi connectivity index (χ3v) is 7.45. The second-order valence-electron chi connectivity index (χ2n) is 9.40. The van der Waals surface area contributed by atoms with E-state index in [1.54, 1.807) is 0 Å². The van der Waals surface area contributed by atoms with Gasteiger partial charge in [0.25, 0.3) is 0 Å². The van der Waals surface area contributed by atoms with Crippen LogP contribution < -0.4 is 0 Å². The first kappa shape index (κ1) is 19.0. The number of hydrogen-bond donors (Lipinski definition) is 0. The van der Waals surface area contributed by atoms with Crippen molar-refractivity contribution in [3.8, 4) is 0 Å². The molecular weight excluding hydrogens is 336 g/mol. The molecule has 0 amide bonds. The number of carbonyl (C=O) groups is 1. The summed E-state index contributed by atoms with van der Waals surface area (Å²) in [6.45, 7) is 6.99. The van der Waals surface area contributed by atoms with Gasteiger partial charge in [-0.1, -0.05) is 26.0 Å². The lowest BCUT2D eigenvalue weighted by Crippen LogP contribution is -2.53. The summed E-state index contributed by atoms with van der Waals surface area (Å²) in [5.74, 6) is 2.71. The lowest BCUT2D eigenvalue weighted by Gasteiger charge is -2.58. The molecule has 4 aliphatic rings. The fourth-order valence-corrected chi connectivity index (χ4v) is 6.30. The Morgan fingerprint density at radius 3 is 2.07 bits per heavy atom. The molecule has 2 unspecified atom stereocenters. The fourth-order valence-electron chi connectivity index (χ4n) is 6.30. The summed E-state index contributed by atoms with van der Waals surface area (Å²) < 4.78 is 12.1. The molecule has 0 spiro atoms. The molecule has 5 rings (SSSR count). The molecule has 3 heteroatoms. The van der Waals surface area contributed by atoms with Crippen LogP contribution in [-0.4, -0.2) is 18.9 Å². The predicted molar refractivity (Wildman–Crippen MR) is 107 cm³/mol. The van der Waals surface area contributed by atoms with Crippen molar-refractivity contribution in [1.29, 1.82) is 0 Å². The molecular formula is C24H34O3. The third kappa shape index (κ3) is 3.68. The summed E-state index contributed by atoms with van der Waals surface area (Å²) in [5.41, 5.74) is 1.96. The van der Waals surface area contributed by atoms with Gasteiger partial charge in [0.2, 0.25) is 6.29 Å². The van der Waals surface area contributed by atoms with E-state index in [1.807, 2.05) is 19.1 Å². The van der Waals surface area contributed by atoms with Crippen LogP contribution in [0.1, 0.15) is 87.6 Å². The summed E-state index contributed by atoms with van der Waals surface area (Å²) in [5, 5.41) is 0. The zero-order valence-electron chi connectivity index (χ0n) is 17.1. The molecule has 4 saturated carbocycles. The third-order valence-electron chi connectivity index (χ3n) is 7.45. The average molecular weight is 371 g/mol. The van der Waals surface area contributed by atoms with Crippen LogP contribution in [0.5, 0.6) is 0 Å². The largest absolute Gasteiger partial charge is 0.432 e. The predicted octanol–water partition coefficient (Wildman–Crippen LogP) is 5.94. The van der Waals surface area contributed by atoms with E-state index in [0.717, 1.165) is 24.2 Å². The summed E-state index contributed by atoms with van der Waals surface area (Å²) in [6.07, 6.45) is 8.35. The molecule has 1 aromatic rings. The lowest BCUT2D eigenvalue weighted by molar-refractivity contribution is -0.226. The van der Waals surface area contributed by atoms with E-state index in [0.29, 0.717) is 18.1 Å². The van der Waals surface area contributed by atoms with Crippen molar-refractivity contribution in [3.63, 3.8) is 0 Å². The number of carbonyl (C=O) groups excluding carboxylic acids is 1. The highest BCUT2D eigenvalue weighted by Crippen LogP contribution is 2.61. The zero-order chi connectivity index (χ0) is 19.0. The Hall–Kier alpha value is -1.35. The highest BCUT2D eigenvalue weighted by atomic mass is 16.7. The van der Waals surface area contributed by atoms with Crippen LogP contribution in [0.15, 0.2) is 24.3 Å². The molecule has 4 fully saturated rings. The molecule has 4 bridgehead atoms. The molecule has 3 nitrogen and oxygen atoms in total. The summed E-state index contributed by atoms with van der Waals surface area (Å²) in [6, 6.07) is 7.94. The van der Waals surface area contributed by atoms with E-state index in [2.05, 4.69) is 26.0 Å². The molecule has 148 valence electrons. The van der Waals surface area contributed by atoms with Gasteiger partial charge in [0.1, 0.15) is 0 Å². The number of esters is 1. The van der Waals surface area contributed by atoms with Gasteiger partial charge in [-0.25, -0.2) is 4.79 Å². The van der Waals surface area contributed by atoms with Gasteiger partial charge in [-0.15, -0.1) is 0 Å². The van der Waals surface area contributed by atoms with Gasteiger partial charge in [0.15, 0.2) is 0 Å². The Morgan fingerprint density at radius 2 is 1.59 bits per heavy atom. The smallest absolute Gasteiger partial charge is 0.340 e. The fraction of sp³-hybridized carbons (Fsp3) is 0.708. The molecule has 2 atom stereocenters. The maximum atomic E-state index is 12.9. The minimum atomic E-state index is -0.391. The van der Waals surface area contributed by atoms with Crippen molar-refractivity contribution in [3.05, 3.63) is 35.4 Å². The van der Waals surface area contributed by atoms with Crippen LogP contribution >= 0.6 is 0 Å². The van der Waals surface area contributed by atoms with Gasteiger partial charge < -0.3 is 9.47 Å². The summed E-state index contributed by atoms with van der Waals surface area (Å²) in [4.78, 5) is 12.9. The molecule has 27 heavy (non-hydrogen) atoms. The minimum absolute atomic E-state index is 0.0527. The topological polar surface area (TPSA) is 35.5 Å². The monoisotopic (exact) mass is 370 g/mol. The van der Waals surface area contributed by atoms with Gasteiger partial charge in [0, 0.05) is 12.0 Å². The Kier molecular flexibility index (Phi) is 5.33. The Labute approximate surface area is 163 Å². The summed E-state index contributed by atoms with van der Waals surface area (Å²) in [7, 11) is 0. The maximum Gasteiger partial charge on any atom is 0.340 e. The van der Waals surface area contributed by atoms with Crippen molar-refractivity contribution in [1.82, 2.24) is 0 Å². The van der Waals surface area contributed by atoms with E-state index in [9.17, 15) is 4.79 Å². The average Bonchev–Trinajstić information content (AvgIpc) is 2.66. The van der Waals surface area contributed by atoms with Crippen LogP contribution in [0.25, 0.3) is 0 Å². The molecule has 0 aromatic heterocycles. The standard InChI is InChI=1S/C24H34O3/c1-4-16(3)20-6-8-21(9-7-20)22(25)27-23(26-5-2)24-13-17-10-18(14-24)12-19(11-17)15-24/h6-9,16-19,23H,4-5,10-15H2,1-3H3. The maximum absolute atomic E-state index is 12.9. The van der Waals surface area contributed by atoms with Gasteiger partial charge in [-0.3, -0.25) is 0 Å². The Balaban J connectivity index is 1.49. The van der Waals surface area contributed by atoms with Crippen LogP contribution in [0, 0.1) is 23.2 Å². The first-order valence-corrected chi connectivity index (χ1v) is 11.0. The minimum Gasteiger partial charge on any atom is -0.432 e. The molecule has 0 saturated heterocycles. The first-order valence-electron chi connectivity index (χ1n) is 11.0. The van der Waals surface area contributed by atoms with E-state index >= 15 is 0 Å². The molecule has 0 N–H and O–H groups in total. The zero-order valence-corrected chi connectivity index (χ0v) is 17.1. The number of rotatable bonds is 7. The quantitative estimate of drug-likeness (QED) is 0.440. The van der Waals surface area contributed by atoms with E-state index < -0.39 is 6.29 Å². The van der Waals surface area contributed by atoms with Crippen LogP contribution in [0.4, 0.5) is 0 Å². The number of benzene rings is 1. The van der Waals surface area contributed by atoms with Gasteiger partial charge >= 0.3 is 5.97 Å². The second-order valence-corrected chi connectivity index (χ2v) is 9.40. The van der Waals surface area contributed by atoms with Crippen LogP contribution in [-0.2, 0) is 9.47 Å². The van der Waals surface area contributed by atoms with E-state index in [1.165, 1.54) is 44.1 Å². The van der Waals surface area contributed by atoms with Crippen molar-refractivity contribution in [2.24, 2.45) is 23.2 Å². The van der Waals surface area contributed by atoms with Crippen molar-refractivity contribution in [2.75, 3.05) is 6.61 Å². The highest BCUT2D eigenvalue weighted by molar-refractivity contribution is 5.89. The molecule has 0 heterocycles. The van der Waals surface area contributed by atoms with Gasteiger partial charge in [-0.05, 0) is 93.2 Å². The Bertz CT molecular complexity index is 627. The van der Waals surface area contributed by atoms with Crippen LogP contribution in [0.3, 0.4) is 0 Å². The number of ether oxygens (including phenoxy) is 2. The van der Waals surface area contributed by atoms with Crippen LogP contribution in [0.2, 0.25) is 0 Å². The molecule has 0 radical (unpaired) electrons. The van der Waals surface area contributed by atoms with Gasteiger partial charge in [-0.2, -0.15) is 0 Å². The van der Waals surface area contributed by atoms with Crippen molar-refractivity contribution in [2.45, 2.75) is 77.9 Å².